The molecule has 0 atom stereocenters. The predicted octanol–water partition coefficient (Wildman–Crippen LogP) is 1.30. The molecular weight excluding hydrogens is 360 g/mol. The third kappa shape index (κ3) is 3.83. The predicted molar refractivity (Wildman–Crippen MR) is 94.7 cm³/mol. The molecule has 3 amide bonds. The summed E-state index contributed by atoms with van der Waals surface area (Å²) in [6.45, 7) is 1.49. The van der Waals surface area contributed by atoms with Gasteiger partial charge in [0, 0.05) is 18.7 Å². The molecule has 1 aromatic rings. The van der Waals surface area contributed by atoms with Crippen LogP contribution in [0.4, 0.5) is 4.79 Å². The molecule has 0 spiro atoms. The molecule has 0 aliphatic carbocycles. The van der Waals surface area contributed by atoms with Crippen molar-refractivity contribution >= 4 is 34.9 Å². The van der Waals surface area contributed by atoms with Gasteiger partial charge in [0.2, 0.25) is 5.91 Å². The molecule has 138 valence electrons. The van der Waals surface area contributed by atoms with Crippen LogP contribution in [-0.2, 0) is 14.3 Å². The Balaban J connectivity index is 1.75. The summed E-state index contributed by atoms with van der Waals surface area (Å²) in [6, 6.07) is 4.58. The Bertz CT molecular complexity index is 773. The zero-order chi connectivity index (χ0) is 18.7. The third-order valence-corrected chi connectivity index (χ3v) is 4.96. The maximum atomic E-state index is 12.5. The maximum absolute atomic E-state index is 12.5. The van der Waals surface area contributed by atoms with Crippen LogP contribution in [0.5, 0.6) is 11.5 Å². The van der Waals surface area contributed by atoms with Crippen molar-refractivity contribution in [3.63, 3.8) is 0 Å². The Hall–Kier alpha value is -2.52. The Morgan fingerprint density at radius 2 is 2.08 bits per heavy atom. The zero-order valence-corrected chi connectivity index (χ0v) is 15.0. The number of benzene rings is 1. The molecule has 1 N–H and O–H groups in total. The highest BCUT2D eigenvalue weighted by molar-refractivity contribution is 8.18. The molecular formula is C17H18N2O6S. The van der Waals surface area contributed by atoms with E-state index >= 15 is 0 Å². The first-order valence-electron chi connectivity index (χ1n) is 7.97. The monoisotopic (exact) mass is 378 g/mol. The smallest absolute Gasteiger partial charge is 0.294 e. The summed E-state index contributed by atoms with van der Waals surface area (Å²) in [7, 11) is 1.49. The van der Waals surface area contributed by atoms with E-state index in [9.17, 15) is 19.5 Å². The number of phenols is 1. The Labute approximate surface area is 154 Å². The molecule has 2 fully saturated rings. The van der Waals surface area contributed by atoms with Gasteiger partial charge in [-0.1, -0.05) is 0 Å². The molecule has 2 aliphatic rings. The van der Waals surface area contributed by atoms with E-state index in [4.69, 9.17) is 9.47 Å². The largest absolute Gasteiger partial charge is 0.507 e. The van der Waals surface area contributed by atoms with Crippen LogP contribution in [-0.4, -0.2) is 71.9 Å². The molecule has 2 saturated heterocycles. The number of carbonyl (C=O) groups is 3. The second kappa shape index (κ2) is 7.79. The minimum absolute atomic E-state index is 0.0398. The number of ether oxygens (including phenoxy) is 2. The van der Waals surface area contributed by atoms with E-state index in [2.05, 4.69) is 0 Å². The standard InChI is InChI=1S/C17H18N2O6S/c1-24-12-2-3-13(20)11(8-12)9-14-16(22)19(17(23)26-14)10-15(21)18-4-6-25-7-5-18/h2-3,8-9,20H,4-7,10H2,1H3/b14-9-. The number of carbonyl (C=O) groups excluding carboxylic acids is 3. The molecule has 0 saturated carbocycles. The average Bonchev–Trinajstić information content (AvgIpc) is 2.91. The second-order valence-electron chi connectivity index (χ2n) is 5.69. The van der Waals surface area contributed by atoms with E-state index < -0.39 is 11.1 Å². The molecule has 0 radical (unpaired) electrons. The lowest BCUT2D eigenvalue weighted by Gasteiger charge is -2.28. The number of hydrogen-bond donors (Lipinski definition) is 1. The Morgan fingerprint density at radius 3 is 2.77 bits per heavy atom. The lowest BCUT2D eigenvalue weighted by atomic mass is 10.1. The van der Waals surface area contributed by atoms with Crippen LogP contribution >= 0.6 is 11.8 Å². The van der Waals surface area contributed by atoms with Crippen molar-refractivity contribution in [2.45, 2.75) is 0 Å². The minimum Gasteiger partial charge on any atom is -0.507 e. The van der Waals surface area contributed by atoms with Gasteiger partial charge >= 0.3 is 0 Å². The van der Waals surface area contributed by atoms with Gasteiger partial charge in [-0.25, -0.2) is 0 Å². The van der Waals surface area contributed by atoms with Gasteiger partial charge in [0.05, 0.1) is 25.2 Å². The number of phenolic OH excluding ortho intramolecular Hbond substituents is 1. The molecule has 0 aromatic heterocycles. The lowest BCUT2D eigenvalue weighted by molar-refractivity contribution is -0.139. The molecule has 0 unspecified atom stereocenters. The number of rotatable bonds is 4. The molecule has 2 heterocycles. The van der Waals surface area contributed by atoms with Crippen LogP contribution in [0.25, 0.3) is 6.08 Å². The van der Waals surface area contributed by atoms with Crippen molar-refractivity contribution in [1.82, 2.24) is 9.80 Å². The Morgan fingerprint density at radius 1 is 1.35 bits per heavy atom. The summed E-state index contributed by atoms with van der Waals surface area (Å²) in [6.07, 6.45) is 1.42. The summed E-state index contributed by atoms with van der Waals surface area (Å²) >= 11 is 0.739. The lowest BCUT2D eigenvalue weighted by Crippen LogP contribution is -2.46. The first-order valence-corrected chi connectivity index (χ1v) is 8.79. The van der Waals surface area contributed by atoms with Crippen LogP contribution in [0.1, 0.15) is 5.56 Å². The molecule has 0 bridgehead atoms. The number of imide groups is 1. The van der Waals surface area contributed by atoms with Crippen LogP contribution in [0.15, 0.2) is 23.1 Å². The van der Waals surface area contributed by atoms with E-state index in [1.165, 1.54) is 19.3 Å². The molecule has 9 heteroatoms. The van der Waals surface area contributed by atoms with Gasteiger partial charge in [-0.05, 0) is 36.0 Å². The number of morpholine rings is 1. The number of amides is 3. The van der Waals surface area contributed by atoms with E-state index in [1.807, 2.05) is 0 Å². The SMILES string of the molecule is COc1ccc(O)c(/C=C2\SC(=O)N(CC(=O)N3CCOCC3)C2=O)c1. The van der Waals surface area contributed by atoms with Crippen molar-refractivity contribution in [3.05, 3.63) is 28.7 Å². The van der Waals surface area contributed by atoms with Gasteiger partial charge in [0.1, 0.15) is 18.0 Å². The van der Waals surface area contributed by atoms with E-state index in [0.29, 0.717) is 37.6 Å². The van der Waals surface area contributed by atoms with Crippen molar-refractivity contribution in [1.29, 1.82) is 0 Å². The van der Waals surface area contributed by atoms with Gasteiger partial charge in [0.15, 0.2) is 0 Å². The molecule has 1 aromatic carbocycles. The molecule has 3 rings (SSSR count). The third-order valence-electron chi connectivity index (χ3n) is 4.05. The topological polar surface area (TPSA) is 96.4 Å². The van der Waals surface area contributed by atoms with Crippen molar-refractivity contribution in [3.8, 4) is 11.5 Å². The van der Waals surface area contributed by atoms with Crippen molar-refractivity contribution in [2.75, 3.05) is 40.0 Å². The Kier molecular flexibility index (Phi) is 5.48. The van der Waals surface area contributed by atoms with Gasteiger partial charge in [-0.15, -0.1) is 0 Å². The number of methoxy groups -OCH3 is 1. The number of nitrogens with zero attached hydrogens (tertiary/aromatic N) is 2. The average molecular weight is 378 g/mol. The summed E-state index contributed by atoms with van der Waals surface area (Å²) in [5, 5.41) is 9.42. The quantitative estimate of drug-likeness (QED) is 0.789. The second-order valence-corrected chi connectivity index (χ2v) is 6.68. The number of aromatic hydroxyl groups is 1. The molecule has 26 heavy (non-hydrogen) atoms. The van der Waals surface area contributed by atoms with Crippen molar-refractivity contribution in [2.24, 2.45) is 0 Å². The highest BCUT2D eigenvalue weighted by Crippen LogP contribution is 2.34. The highest BCUT2D eigenvalue weighted by Gasteiger charge is 2.37. The summed E-state index contributed by atoms with van der Waals surface area (Å²) in [4.78, 5) is 39.6. The van der Waals surface area contributed by atoms with Crippen LogP contribution in [0.3, 0.4) is 0 Å². The normalized spacial score (nSPS) is 19.3. The minimum atomic E-state index is -0.552. The zero-order valence-electron chi connectivity index (χ0n) is 14.1. The van der Waals surface area contributed by atoms with Gasteiger partial charge < -0.3 is 19.5 Å². The summed E-state index contributed by atoms with van der Waals surface area (Å²) in [5.41, 5.74) is 0.356. The van der Waals surface area contributed by atoms with Gasteiger partial charge in [-0.2, -0.15) is 0 Å². The molecule has 8 nitrogen and oxygen atoms in total. The van der Waals surface area contributed by atoms with Gasteiger partial charge in [0.25, 0.3) is 11.1 Å². The van der Waals surface area contributed by atoms with Crippen LogP contribution in [0.2, 0.25) is 0 Å². The van der Waals surface area contributed by atoms with E-state index in [1.54, 1.807) is 17.0 Å². The molecule has 2 aliphatic heterocycles. The van der Waals surface area contributed by atoms with Crippen molar-refractivity contribution < 1.29 is 29.0 Å². The van der Waals surface area contributed by atoms with E-state index in [-0.39, 0.29) is 23.1 Å². The summed E-state index contributed by atoms with van der Waals surface area (Å²) < 4.78 is 10.3. The fraction of sp³-hybridized carbons (Fsp3) is 0.353. The van der Waals surface area contributed by atoms with Gasteiger partial charge in [-0.3, -0.25) is 19.3 Å². The highest BCUT2D eigenvalue weighted by atomic mass is 32.2. The number of hydrogen-bond acceptors (Lipinski definition) is 7. The van der Waals surface area contributed by atoms with E-state index in [0.717, 1.165) is 16.7 Å². The number of thioether (sulfide) groups is 1. The summed E-state index contributed by atoms with van der Waals surface area (Å²) in [5.74, 6) is -0.373. The fourth-order valence-electron chi connectivity index (χ4n) is 2.60. The van der Waals surface area contributed by atoms with Crippen LogP contribution in [0, 0.1) is 0 Å². The first-order chi connectivity index (χ1) is 12.5. The first kappa shape index (κ1) is 18.3. The maximum Gasteiger partial charge on any atom is 0.294 e. The fourth-order valence-corrected chi connectivity index (χ4v) is 3.43. The van der Waals surface area contributed by atoms with Crippen LogP contribution < -0.4 is 4.74 Å².